The fourth-order valence-corrected chi connectivity index (χ4v) is 4.20. The largest absolute Gasteiger partial charge is 0.340 e. The Hall–Kier alpha value is -2.86. The van der Waals surface area contributed by atoms with Crippen molar-refractivity contribution in [3.63, 3.8) is 0 Å². The van der Waals surface area contributed by atoms with E-state index in [2.05, 4.69) is 5.32 Å². The zero-order chi connectivity index (χ0) is 19.9. The van der Waals surface area contributed by atoms with Gasteiger partial charge >= 0.3 is 6.03 Å². The summed E-state index contributed by atoms with van der Waals surface area (Å²) in [5.41, 5.74) is 1.72. The van der Waals surface area contributed by atoms with Crippen LogP contribution >= 0.6 is 11.6 Å². The van der Waals surface area contributed by atoms with Gasteiger partial charge in [0.15, 0.2) is 0 Å². The van der Waals surface area contributed by atoms with Crippen LogP contribution in [0.1, 0.15) is 23.1 Å². The van der Waals surface area contributed by atoms with Gasteiger partial charge in [-0.05, 0) is 41.7 Å². The van der Waals surface area contributed by atoms with Crippen LogP contribution in [0.2, 0.25) is 5.02 Å². The van der Waals surface area contributed by atoms with Gasteiger partial charge < -0.3 is 10.2 Å². The number of hydrogen-bond donors (Lipinski definition) is 1. The molecule has 1 spiro atoms. The average molecular weight is 398 g/mol. The fraction of sp³-hybridized carbons (Fsp3) is 0.286. The van der Waals surface area contributed by atoms with Crippen LogP contribution < -0.4 is 5.32 Å². The van der Waals surface area contributed by atoms with Gasteiger partial charge in [-0.1, -0.05) is 48.0 Å². The van der Waals surface area contributed by atoms with Crippen molar-refractivity contribution in [3.8, 4) is 0 Å². The van der Waals surface area contributed by atoms with Crippen molar-refractivity contribution in [1.29, 1.82) is 0 Å². The first-order valence-electron chi connectivity index (χ1n) is 9.11. The summed E-state index contributed by atoms with van der Waals surface area (Å²) in [5.74, 6) is -0.668. The molecule has 1 aliphatic carbocycles. The molecule has 2 aromatic carbocycles. The Bertz CT molecular complexity index is 977. The Morgan fingerprint density at radius 1 is 1.21 bits per heavy atom. The van der Waals surface area contributed by atoms with E-state index in [1.165, 1.54) is 4.90 Å². The Balaban J connectivity index is 1.49. The third-order valence-electron chi connectivity index (χ3n) is 5.45. The number of benzene rings is 2. The molecule has 0 saturated carbocycles. The van der Waals surface area contributed by atoms with Gasteiger partial charge in [0, 0.05) is 18.6 Å². The first-order chi connectivity index (χ1) is 13.4. The maximum Gasteiger partial charge on any atom is 0.325 e. The molecule has 4 amide bonds. The van der Waals surface area contributed by atoms with E-state index >= 15 is 0 Å². The molecule has 1 atom stereocenters. The smallest absolute Gasteiger partial charge is 0.325 e. The minimum atomic E-state index is -1.04. The molecule has 28 heavy (non-hydrogen) atoms. The predicted octanol–water partition coefficient (Wildman–Crippen LogP) is 2.69. The Morgan fingerprint density at radius 2 is 2.00 bits per heavy atom. The number of nitrogens with zero attached hydrogens (tertiary/aromatic N) is 2. The van der Waals surface area contributed by atoms with E-state index in [1.54, 1.807) is 19.2 Å². The van der Waals surface area contributed by atoms with Crippen molar-refractivity contribution >= 4 is 29.4 Å². The lowest BCUT2D eigenvalue weighted by atomic mass is 9.92. The number of hydrogen-bond acceptors (Lipinski definition) is 3. The highest BCUT2D eigenvalue weighted by Crippen LogP contribution is 2.41. The summed E-state index contributed by atoms with van der Waals surface area (Å²) in [6, 6.07) is 14.3. The van der Waals surface area contributed by atoms with Crippen LogP contribution in [-0.2, 0) is 28.1 Å². The molecular weight excluding hydrogens is 378 g/mol. The summed E-state index contributed by atoms with van der Waals surface area (Å²) in [5, 5.41) is 3.43. The zero-order valence-electron chi connectivity index (χ0n) is 15.4. The lowest BCUT2D eigenvalue weighted by Crippen LogP contribution is -2.44. The molecule has 1 saturated heterocycles. The highest BCUT2D eigenvalue weighted by Gasteiger charge is 2.55. The van der Waals surface area contributed by atoms with Gasteiger partial charge in [0.1, 0.15) is 12.1 Å². The van der Waals surface area contributed by atoms with Gasteiger partial charge in [-0.15, -0.1) is 0 Å². The van der Waals surface area contributed by atoms with Gasteiger partial charge in [0.2, 0.25) is 5.91 Å². The number of carbonyl (C=O) groups is 3. The van der Waals surface area contributed by atoms with Crippen molar-refractivity contribution < 1.29 is 14.4 Å². The van der Waals surface area contributed by atoms with E-state index < -0.39 is 11.6 Å². The topological polar surface area (TPSA) is 69.7 Å². The monoisotopic (exact) mass is 397 g/mol. The summed E-state index contributed by atoms with van der Waals surface area (Å²) >= 11 is 5.98. The third-order valence-corrected chi connectivity index (χ3v) is 5.69. The average Bonchev–Trinajstić information content (AvgIpc) is 3.15. The van der Waals surface area contributed by atoms with Gasteiger partial charge in [-0.25, -0.2) is 4.79 Å². The maximum atomic E-state index is 13.1. The first-order valence-corrected chi connectivity index (χ1v) is 9.49. The van der Waals surface area contributed by atoms with E-state index in [4.69, 9.17) is 11.6 Å². The van der Waals surface area contributed by atoms with Crippen LogP contribution in [0, 0.1) is 0 Å². The second-order valence-electron chi connectivity index (χ2n) is 7.26. The predicted molar refractivity (Wildman–Crippen MR) is 105 cm³/mol. The molecule has 0 bridgehead atoms. The number of rotatable bonds is 4. The van der Waals surface area contributed by atoms with Gasteiger partial charge in [0.25, 0.3) is 5.91 Å². The molecule has 0 radical (unpaired) electrons. The lowest BCUT2D eigenvalue weighted by molar-refractivity contribution is -0.138. The molecule has 1 N–H and O–H groups in total. The number of aryl methyl sites for hydroxylation is 1. The molecule has 7 heteroatoms. The minimum Gasteiger partial charge on any atom is -0.340 e. The number of nitrogens with one attached hydrogen (secondary N) is 1. The van der Waals surface area contributed by atoms with Crippen molar-refractivity contribution in [3.05, 3.63) is 70.2 Å². The maximum absolute atomic E-state index is 13.1. The molecule has 0 unspecified atom stereocenters. The first kappa shape index (κ1) is 18.5. The fourth-order valence-electron chi connectivity index (χ4n) is 3.99. The number of fused-ring (bicyclic) bond motifs is 2. The van der Waals surface area contributed by atoms with E-state index in [9.17, 15) is 14.4 Å². The van der Waals surface area contributed by atoms with Gasteiger partial charge in [0.05, 0.1) is 0 Å². The quantitative estimate of drug-likeness (QED) is 0.806. The van der Waals surface area contributed by atoms with E-state index in [0.717, 1.165) is 28.0 Å². The molecule has 144 valence electrons. The zero-order valence-corrected chi connectivity index (χ0v) is 16.2. The van der Waals surface area contributed by atoms with Crippen LogP contribution in [0.3, 0.4) is 0 Å². The highest BCUT2D eigenvalue weighted by molar-refractivity contribution is 6.30. The molecule has 2 aliphatic rings. The van der Waals surface area contributed by atoms with Crippen molar-refractivity contribution in [2.24, 2.45) is 0 Å². The number of amides is 4. The third kappa shape index (κ3) is 3.03. The molecular formula is C21H20ClN3O3. The van der Waals surface area contributed by atoms with E-state index in [-0.39, 0.29) is 18.4 Å². The number of imide groups is 1. The van der Waals surface area contributed by atoms with Crippen LogP contribution in [-0.4, -0.2) is 41.2 Å². The van der Waals surface area contributed by atoms with Crippen LogP contribution in [0.25, 0.3) is 0 Å². The number of likely N-dealkylation sites (N-methyl/N-ethyl adjacent to an activating group) is 1. The summed E-state index contributed by atoms with van der Waals surface area (Å²) < 4.78 is 0. The summed E-state index contributed by atoms with van der Waals surface area (Å²) in [6.45, 7) is 0.0582. The van der Waals surface area contributed by atoms with Crippen molar-refractivity contribution in [2.45, 2.75) is 24.9 Å². The van der Waals surface area contributed by atoms with Crippen molar-refractivity contribution in [1.82, 2.24) is 15.1 Å². The lowest BCUT2D eigenvalue weighted by Gasteiger charge is -2.23. The standard InChI is InChI=1S/C21H20ClN3O3/c1-24(12-14-5-4-7-16(22)11-14)18(26)13-25-19(27)21(23-20(25)28)10-9-15-6-2-3-8-17(15)21/h2-8,11H,9-10,12-13H2,1H3,(H,23,28)/t21-/m0/s1. The summed E-state index contributed by atoms with van der Waals surface area (Å²) in [4.78, 5) is 40.8. The normalized spacial score (nSPS) is 20.4. The van der Waals surface area contributed by atoms with E-state index in [1.807, 2.05) is 36.4 Å². The van der Waals surface area contributed by atoms with Gasteiger partial charge in [-0.3, -0.25) is 14.5 Å². The number of halogens is 1. The Morgan fingerprint density at radius 3 is 2.79 bits per heavy atom. The minimum absolute atomic E-state index is 0.286. The second-order valence-corrected chi connectivity index (χ2v) is 7.70. The van der Waals surface area contributed by atoms with Crippen LogP contribution in [0.4, 0.5) is 4.79 Å². The molecule has 0 aromatic heterocycles. The summed E-state index contributed by atoms with van der Waals surface area (Å²) in [7, 11) is 1.64. The molecule has 4 rings (SSSR count). The molecule has 6 nitrogen and oxygen atoms in total. The Kier molecular flexibility index (Phi) is 4.59. The molecule has 1 fully saturated rings. The molecule has 2 aromatic rings. The summed E-state index contributed by atoms with van der Waals surface area (Å²) in [6.07, 6.45) is 1.23. The number of carbonyl (C=O) groups excluding carboxylic acids is 3. The SMILES string of the molecule is CN(Cc1cccc(Cl)c1)C(=O)CN1C(=O)N[C@]2(CCc3ccccc32)C1=O. The van der Waals surface area contributed by atoms with E-state index in [0.29, 0.717) is 18.0 Å². The Labute approximate surface area is 168 Å². The number of urea groups is 1. The van der Waals surface area contributed by atoms with Gasteiger partial charge in [-0.2, -0.15) is 0 Å². The highest BCUT2D eigenvalue weighted by atomic mass is 35.5. The molecule has 1 aliphatic heterocycles. The van der Waals surface area contributed by atoms with Crippen LogP contribution in [0.5, 0.6) is 0 Å². The second kappa shape index (κ2) is 6.95. The van der Waals surface area contributed by atoms with Crippen molar-refractivity contribution in [2.75, 3.05) is 13.6 Å². The van der Waals surface area contributed by atoms with Crippen LogP contribution in [0.15, 0.2) is 48.5 Å². The molecule has 1 heterocycles.